The molecule has 0 unspecified atom stereocenters. The molecule has 0 amide bonds. The first kappa shape index (κ1) is 25.9. The monoisotopic (exact) mass is 374 g/mol. The van der Waals surface area contributed by atoms with E-state index in [4.69, 9.17) is 0 Å². The van der Waals surface area contributed by atoms with Crippen LogP contribution in [0.3, 0.4) is 0 Å². The zero-order valence-corrected chi connectivity index (χ0v) is 19.0. The maximum atomic E-state index is 3.74. The Bertz CT molecular complexity index is 288. The number of rotatable bonds is 3. The Balaban J connectivity index is 0. The molecule has 0 atom stereocenters. The Hall–Kier alpha value is 0.628. The average molecular weight is 374 g/mol. The average Bonchev–Trinajstić information content (AvgIpc) is 3.09. The summed E-state index contributed by atoms with van der Waals surface area (Å²) in [6, 6.07) is 0. The molecule has 2 aliphatic carbocycles. The van der Waals surface area contributed by atoms with E-state index in [1.807, 2.05) is 64.2 Å². The molecule has 120 valence electrons. The molecule has 0 heterocycles. The fourth-order valence-electron chi connectivity index (χ4n) is 1.51. The van der Waals surface area contributed by atoms with Gasteiger partial charge in [0.25, 0.3) is 0 Å². The van der Waals surface area contributed by atoms with Crippen LogP contribution in [0.15, 0.2) is 11.8 Å². The Morgan fingerprint density at radius 1 is 0.652 bits per heavy atom. The summed E-state index contributed by atoms with van der Waals surface area (Å²) in [6.45, 7) is 17.6. The minimum atomic E-state index is -1.23. The number of hydrogen-bond acceptors (Lipinski definition) is 0. The van der Waals surface area contributed by atoms with Gasteiger partial charge >= 0.3 is 21.7 Å². The van der Waals surface area contributed by atoms with E-state index < -0.39 is 16.1 Å². The van der Waals surface area contributed by atoms with Crippen LogP contribution in [0.4, 0.5) is 0 Å². The van der Waals surface area contributed by atoms with Crippen molar-refractivity contribution in [2.75, 3.05) is 0 Å². The molecule has 0 aliphatic heterocycles. The Kier molecular flexibility index (Phi) is 15.6. The van der Waals surface area contributed by atoms with Gasteiger partial charge < -0.3 is 17.0 Å². The molecule has 0 saturated heterocycles. The topological polar surface area (TPSA) is 0 Å². The molecule has 0 aromatic carbocycles. The summed E-state index contributed by atoms with van der Waals surface area (Å²) in [4.78, 5) is 0. The van der Waals surface area contributed by atoms with Crippen LogP contribution in [-0.2, 0) is 21.7 Å². The summed E-state index contributed by atoms with van der Waals surface area (Å²) in [5, 5.41) is 1.28. The molecule has 2 rings (SSSR count). The van der Waals surface area contributed by atoms with Gasteiger partial charge in [0, 0.05) is 8.07 Å². The maximum absolute atomic E-state index is 3.74. The van der Waals surface area contributed by atoms with E-state index in [0.29, 0.717) is 0 Å². The number of allylic oxidation sites excluding steroid dienone is 2. The van der Waals surface area contributed by atoms with Gasteiger partial charge in [0.15, 0.2) is 0 Å². The molecule has 2 fully saturated rings. The van der Waals surface area contributed by atoms with Crippen LogP contribution in [-0.4, -0.2) is 16.1 Å². The van der Waals surface area contributed by atoms with Crippen molar-refractivity contribution in [1.82, 2.24) is 0 Å². The van der Waals surface area contributed by atoms with Crippen molar-refractivity contribution in [1.29, 1.82) is 0 Å². The predicted octanol–water partition coefficient (Wildman–Crippen LogP) is 5.50. The van der Waals surface area contributed by atoms with Crippen molar-refractivity contribution >= 4 is 16.1 Å². The van der Waals surface area contributed by atoms with Crippen molar-refractivity contribution in [2.24, 2.45) is 0 Å². The minimum Gasteiger partial charge on any atom is -0.534 e. The number of hydrogen-bond donors (Lipinski definition) is 0. The zero-order chi connectivity index (χ0) is 17.1. The summed E-state index contributed by atoms with van der Waals surface area (Å²) in [5.41, 5.74) is 3.59. The first-order valence-electron chi connectivity index (χ1n) is 7.69. The summed E-state index contributed by atoms with van der Waals surface area (Å²) >= 11 is 0. The van der Waals surface area contributed by atoms with Crippen molar-refractivity contribution in [3.8, 4) is 0 Å². The first-order chi connectivity index (χ1) is 10.2. The van der Waals surface area contributed by atoms with E-state index in [2.05, 4.69) is 57.6 Å². The summed E-state index contributed by atoms with van der Waals surface area (Å²) in [5.74, 6) is 0. The fourth-order valence-corrected chi connectivity index (χ4v) is 5.51. The van der Waals surface area contributed by atoms with Gasteiger partial charge in [-0.15, -0.1) is 8.07 Å². The normalized spacial score (nSPS) is 18.1. The van der Waals surface area contributed by atoms with Gasteiger partial charge in [-0.25, -0.2) is 0 Å². The second-order valence-electron chi connectivity index (χ2n) is 7.10. The molecule has 3 heteroatoms. The van der Waals surface area contributed by atoms with Crippen LogP contribution < -0.4 is 0 Å². The molecular formula is C20H30Si2Ti+2. The Morgan fingerprint density at radius 3 is 1.00 bits per heavy atom. The molecular weight excluding hydrogens is 344 g/mol. The van der Waals surface area contributed by atoms with Crippen LogP contribution >= 0.6 is 0 Å². The molecule has 0 aromatic heterocycles. The van der Waals surface area contributed by atoms with Gasteiger partial charge in [0.05, 0.1) is 0 Å². The summed E-state index contributed by atoms with van der Waals surface area (Å²) in [7, 11) is -2.44. The van der Waals surface area contributed by atoms with Crippen LogP contribution in [0.2, 0.25) is 39.3 Å². The van der Waals surface area contributed by atoms with Gasteiger partial charge in [0.1, 0.15) is 0 Å². The van der Waals surface area contributed by atoms with Crippen molar-refractivity contribution in [3.05, 3.63) is 87.8 Å². The van der Waals surface area contributed by atoms with Crippen LogP contribution in [0.5, 0.6) is 0 Å². The van der Waals surface area contributed by atoms with Crippen molar-refractivity contribution in [3.63, 3.8) is 0 Å². The SMILES string of the molecule is C=[C-]C(=[C-][Si](C)(C)C)[Si](C)(C)C.[CH]1[CH][CH][CH][CH]1.[CH]1[CH][CH][CH][CH]1.[Ti+4]. The molecule has 0 spiro atoms. The molecule has 0 aromatic rings. The van der Waals surface area contributed by atoms with E-state index >= 15 is 0 Å². The van der Waals surface area contributed by atoms with Gasteiger partial charge in [-0.05, 0) is 64.2 Å². The molecule has 0 N–H and O–H groups in total. The third-order valence-electron chi connectivity index (χ3n) is 2.54. The van der Waals surface area contributed by atoms with E-state index in [-0.39, 0.29) is 21.7 Å². The van der Waals surface area contributed by atoms with E-state index in [1.54, 1.807) is 0 Å². The summed E-state index contributed by atoms with van der Waals surface area (Å²) in [6.07, 6.45) is 23.1. The minimum absolute atomic E-state index is 0. The molecule has 2 saturated carbocycles. The third kappa shape index (κ3) is 17.2. The van der Waals surface area contributed by atoms with E-state index in [9.17, 15) is 0 Å². The second-order valence-corrected chi connectivity index (χ2v) is 16.9. The zero-order valence-electron chi connectivity index (χ0n) is 15.5. The molecule has 23 heavy (non-hydrogen) atoms. The van der Waals surface area contributed by atoms with Crippen molar-refractivity contribution in [2.45, 2.75) is 39.3 Å². The first-order valence-corrected chi connectivity index (χ1v) is 14.7. The Morgan fingerprint density at radius 2 is 0.913 bits per heavy atom. The van der Waals surface area contributed by atoms with Gasteiger partial charge in [-0.3, -0.25) is 6.58 Å². The van der Waals surface area contributed by atoms with Crippen LogP contribution in [0, 0.1) is 76.0 Å². The molecule has 2 aliphatic rings. The van der Waals surface area contributed by atoms with Crippen LogP contribution in [0.1, 0.15) is 0 Å². The molecule has 0 nitrogen and oxygen atoms in total. The van der Waals surface area contributed by atoms with Crippen molar-refractivity contribution < 1.29 is 21.7 Å². The fraction of sp³-hybridized carbons (Fsp3) is 0.300. The van der Waals surface area contributed by atoms with E-state index in [0.717, 1.165) is 0 Å². The second kappa shape index (κ2) is 13.9. The van der Waals surface area contributed by atoms with Crippen LogP contribution in [0.25, 0.3) is 0 Å². The standard InChI is InChI=1S/C10H20Si2.2C5H5.Ti/c1-8-10(12(5,6)7)9-11(2,3)4;2*1-2-4-5-3-1;/h1H2,2-7H3;2*1-5H;/q-2;;;+4. The van der Waals surface area contributed by atoms with Gasteiger partial charge in [-0.2, -0.15) is 0 Å². The maximum Gasteiger partial charge on any atom is 4.00 e. The quantitative estimate of drug-likeness (QED) is 0.348. The molecule has 10 radical (unpaired) electrons. The third-order valence-corrected chi connectivity index (χ3v) is 5.59. The molecule has 0 bridgehead atoms. The summed E-state index contributed by atoms with van der Waals surface area (Å²) < 4.78 is 0. The van der Waals surface area contributed by atoms with Gasteiger partial charge in [-0.1, -0.05) is 39.3 Å². The predicted molar refractivity (Wildman–Crippen MR) is 105 cm³/mol. The Labute approximate surface area is 164 Å². The largest absolute Gasteiger partial charge is 4.00 e. The van der Waals surface area contributed by atoms with E-state index in [1.165, 1.54) is 5.20 Å². The van der Waals surface area contributed by atoms with Gasteiger partial charge in [0.2, 0.25) is 0 Å². The smallest absolute Gasteiger partial charge is 0.534 e.